The smallest absolute Gasteiger partial charge is 0.341 e. The highest BCUT2D eigenvalue weighted by Crippen LogP contribution is 2.41. The van der Waals surface area contributed by atoms with E-state index in [0.29, 0.717) is 18.2 Å². The molecule has 3 rings (SSSR count). The summed E-state index contributed by atoms with van der Waals surface area (Å²) in [5.74, 6) is -3.12. The number of benzene rings is 1. The van der Waals surface area contributed by atoms with Gasteiger partial charge >= 0.3 is 5.76 Å². The zero-order valence-electron chi connectivity index (χ0n) is 13.6. The minimum Gasteiger partial charge on any atom is -0.363 e. The first-order chi connectivity index (χ1) is 11.8. The fourth-order valence-corrected chi connectivity index (χ4v) is 4.84. The predicted octanol–water partition coefficient (Wildman–Crippen LogP) is 3.75. The van der Waals surface area contributed by atoms with Gasteiger partial charge in [-0.15, -0.1) is 0 Å². The van der Waals surface area contributed by atoms with Gasteiger partial charge in [-0.05, 0) is 43.7 Å². The van der Waals surface area contributed by atoms with Crippen molar-refractivity contribution in [1.82, 2.24) is 0 Å². The van der Waals surface area contributed by atoms with E-state index in [1.54, 1.807) is 0 Å². The molecule has 1 unspecified atom stereocenters. The molecule has 0 N–H and O–H groups in total. The summed E-state index contributed by atoms with van der Waals surface area (Å²) < 4.78 is 48.7. The van der Waals surface area contributed by atoms with Crippen molar-refractivity contribution in [2.75, 3.05) is 11.4 Å². The maximum Gasteiger partial charge on any atom is 0.341 e. The van der Waals surface area contributed by atoms with E-state index in [4.69, 9.17) is 0 Å². The maximum absolute atomic E-state index is 12.7. The van der Waals surface area contributed by atoms with E-state index < -0.39 is 31.1 Å². The minimum atomic E-state index is -4.86. The van der Waals surface area contributed by atoms with E-state index in [2.05, 4.69) is 0 Å². The molecule has 0 radical (unpaired) electrons. The third kappa shape index (κ3) is 3.33. The van der Waals surface area contributed by atoms with Crippen LogP contribution in [-0.2, 0) is 9.84 Å². The number of rotatable bonds is 5. The number of halogens is 2. The predicted molar refractivity (Wildman–Crippen MR) is 88.6 cm³/mol. The molecule has 0 spiro atoms. The van der Waals surface area contributed by atoms with E-state index in [1.165, 1.54) is 6.07 Å². The first kappa shape index (κ1) is 18.0. The summed E-state index contributed by atoms with van der Waals surface area (Å²) >= 11 is 0. The minimum absolute atomic E-state index is 0.193. The van der Waals surface area contributed by atoms with Gasteiger partial charge in [-0.3, -0.25) is 10.1 Å². The Balaban J connectivity index is 2.00. The van der Waals surface area contributed by atoms with E-state index in [-0.39, 0.29) is 6.04 Å². The molecule has 0 bridgehead atoms. The van der Waals surface area contributed by atoms with E-state index in [9.17, 15) is 27.3 Å². The zero-order chi connectivity index (χ0) is 18.2. The van der Waals surface area contributed by atoms with Crippen molar-refractivity contribution < 1.29 is 22.1 Å². The van der Waals surface area contributed by atoms with Gasteiger partial charge in [0.05, 0.1) is 9.82 Å². The number of hydrogen-bond acceptors (Lipinski definition) is 5. The van der Waals surface area contributed by atoms with Gasteiger partial charge < -0.3 is 4.90 Å². The molecule has 6 nitrogen and oxygen atoms in total. The van der Waals surface area contributed by atoms with Crippen molar-refractivity contribution in [3.8, 4) is 0 Å². The normalized spacial score (nSPS) is 22.0. The Hall–Kier alpha value is -1.77. The average molecular weight is 374 g/mol. The Bertz CT molecular complexity index is 763. The largest absolute Gasteiger partial charge is 0.363 e. The molecule has 1 saturated carbocycles. The summed E-state index contributed by atoms with van der Waals surface area (Å²) in [7, 11) is -4.86. The summed E-state index contributed by atoms with van der Waals surface area (Å²) in [5.41, 5.74) is -0.0979. The average Bonchev–Trinajstić information content (AvgIpc) is 3.24. The van der Waals surface area contributed by atoms with Gasteiger partial charge in [0.15, 0.2) is 0 Å². The van der Waals surface area contributed by atoms with Crippen molar-refractivity contribution in [1.29, 1.82) is 0 Å². The lowest BCUT2D eigenvalue weighted by Gasteiger charge is -2.31. The highest BCUT2D eigenvalue weighted by Gasteiger charge is 2.37. The molecule has 2 fully saturated rings. The number of anilines is 1. The van der Waals surface area contributed by atoms with Crippen molar-refractivity contribution in [2.24, 2.45) is 5.92 Å². The topological polar surface area (TPSA) is 80.5 Å². The van der Waals surface area contributed by atoms with Crippen LogP contribution in [-0.4, -0.2) is 31.7 Å². The first-order valence-corrected chi connectivity index (χ1v) is 9.94. The third-order valence-corrected chi connectivity index (χ3v) is 6.64. The van der Waals surface area contributed by atoms with Crippen molar-refractivity contribution in [3.05, 3.63) is 28.3 Å². The molecule has 1 atom stereocenters. The fourth-order valence-electron chi connectivity index (χ4n) is 4.10. The van der Waals surface area contributed by atoms with Gasteiger partial charge in [-0.1, -0.05) is 12.8 Å². The third-order valence-electron chi connectivity index (χ3n) is 5.26. The highest BCUT2D eigenvalue weighted by atomic mass is 32.2. The zero-order valence-corrected chi connectivity index (χ0v) is 14.4. The summed E-state index contributed by atoms with van der Waals surface area (Å²) in [5, 5.41) is 11.5. The van der Waals surface area contributed by atoms with E-state index >= 15 is 0 Å². The quantitative estimate of drug-likeness (QED) is 0.579. The van der Waals surface area contributed by atoms with Crippen LogP contribution in [0.4, 0.5) is 20.2 Å². The Morgan fingerprint density at radius 3 is 2.44 bits per heavy atom. The Labute approximate surface area is 144 Å². The molecular weight excluding hydrogens is 354 g/mol. The Kier molecular flexibility index (Phi) is 4.95. The van der Waals surface area contributed by atoms with Gasteiger partial charge in [-0.2, -0.15) is 8.78 Å². The van der Waals surface area contributed by atoms with Crippen LogP contribution >= 0.6 is 0 Å². The molecular formula is C16H20F2N2O4S. The molecule has 1 aliphatic carbocycles. The van der Waals surface area contributed by atoms with Gasteiger partial charge in [0.2, 0.25) is 9.84 Å². The Morgan fingerprint density at radius 1 is 1.16 bits per heavy atom. The van der Waals surface area contributed by atoms with Crippen LogP contribution in [0.15, 0.2) is 23.1 Å². The number of nitrogens with zero attached hydrogens (tertiary/aromatic N) is 2. The van der Waals surface area contributed by atoms with Crippen molar-refractivity contribution in [3.63, 3.8) is 0 Å². The van der Waals surface area contributed by atoms with Crippen LogP contribution < -0.4 is 4.90 Å². The lowest BCUT2D eigenvalue weighted by molar-refractivity contribution is -0.384. The molecule has 0 amide bonds. The van der Waals surface area contributed by atoms with Gasteiger partial charge in [0.25, 0.3) is 5.69 Å². The maximum atomic E-state index is 12.7. The second-order valence-electron chi connectivity index (χ2n) is 6.66. The molecule has 25 heavy (non-hydrogen) atoms. The van der Waals surface area contributed by atoms with Crippen molar-refractivity contribution >= 4 is 21.2 Å². The van der Waals surface area contributed by atoms with Crippen LogP contribution in [0.2, 0.25) is 0 Å². The highest BCUT2D eigenvalue weighted by molar-refractivity contribution is 7.91. The number of alkyl halides is 2. The molecule has 2 aliphatic rings. The van der Waals surface area contributed by atoms with Crippen molar-refractivity contribution in [2.45, 2.75) is 55.2 Å². The number of nitro groups is 1. The van der Waals surface area contributed by atoms with Gasteiger partial charge in [0, 0.05) is 18.7 Å². The number of sulfone groups is 1. The molecule has 1 aromatic rings. The summed E-state index contributed by atoms with van der Waals surface area (Å²) in [4.78, 5) is 12.0. The summed E-state index contributed by atoms with van der Waals surface area (Å²) in [6.45, 7) is 0.656. The summed E-state index contributed by atoms with van der Waals surface area (Å²) in [6, 6.07) is 3.31. The van der Waals surface area contributed by atoms with Crippen LogP contribution in [0.3, 0.4) is 0 Å². The molecule has 1 saturated heterocycles. The second kappa shape index (κ2) is 6.86. The lowest BCUT2D eigenvalue weighted by atomic mass is 9.95. The number of hydrogen-bond donors (Lipinski definition) is 0. The lowest BCUT2D eigenvalue weighted by Crippen LogP contribution is -2.35. The van der Waals surface area contributed by atoms with Crippen LogP contribution in [0.25, 0.3) is 0 Å². The van der Waals surface area contributed by atoms with Crippen LogP contribution in [0.5, 0.6) is 0 Å². The first-order valence-electron chi connectivity index (χ1n) is 8.39. The monoisotopic (exact) mass is 374 g/mol. The number of nitro benzene ring substituents is 1. The van der Waals surface area contributed by atoms with Gasteiger partial charge in [-0.25, -0.2) is 8.42 Å². The second-order valence-corrected chi connectivity index (χ2v) is 8.58. The van der Waals surface area contributed by atoms with E-state index in [0.717, 1.165) is 50.7 Å². The molecule has 9 heteroatoms. The SMILES string of the molecule is O=[N+]([O-])c1cc(S(=O)(=O)C(F)F)ccc1N1CCCC1C1CCCC1. The molecule has 138 valence electrons. The Morgan fingerprint density at radius 2 is 1.84 bits per heavy atom. The molecule has 1 heterocycles. The molecule has 1 aromatic carbocycles. The van der Waals surface area contributed by atoms with E-state index in [1.807, 2.05) is 4.90 Å². The van der Waals surface area contributed by atoms with Crippen LogP contribution in [0.1, 0.15) is 38.5 Å². The molecule has 0 aromatic heterocycles. The standard InChI is InChI=1S/C16H20F2N2O4S/c17-16(18)25(23,24)12-7-8-14(15(10-12)20(21)22)19-9-3-6-13(19)11-4-1-2-5-11/h7-8,10-11,13,16H,1-6,9H2. The fraction of sp³-hybridized carbons (Fsp3) is 0.625. The molecule has 1 aliphatic heterocycles. The summed E-state index contributed by atoms with van der Waals surface area (Å²) in [6.07, 6.45) is 6.35. The van der Waals surface area contributed by atoms with Gasteiger partial charge in [0.1, 0.15) is 5.69 Å². The van der Waals surface area contributed by atoms with Crippen LogP contribution in [0, 0.1) is 16.0 Å².